The number of hydrogen-bond donors (Lipinski definition) is 2. The van der Waals surface area contributed by atoms with Crippen LogP contribution in [0.3, 0.4) is 0 Å². The molecule has 0 aliphatic heterocycles. The highest BCUT2D eigenvalue weighted by molar-refractivity contribution is 5.78. The SMILES string of the molecule is CC(C)c1ccc(N(CCC(=O)O)C(C)C(=O)O)cc1. The summed E-state index contributed by atoms with van der Waals surface area (Å²) in [6, 6.07) is 6.82. The van der Waals surface area contributed by atoms with E-state index in [2.05, 4.69) is 13.8 Å². The lowest BCUT2D eigenvalue weighted by Gasteiger charge is -2.28. The van der Waals surface area contributed by atoms with Crippen LogP contribution in [-0.4, -0.2) is 34.7 Å². The lowest BCUT2D eigenvalue weighted by molar-refractivity contribution is -0.139. The van der Waals surface area contributed by atoms with Crippen LogP contribution in [0.15, 0.2) is 24.3 Å². The highest BCUT2D eigenvalue weighted by Gasteiger charge is 2.21. The summed E-state index contributed by atoms with van der Waals surface area (Å²) in [5.74, 6) is -1.51. The monoisotopic (exact) mass is 279 g/mol. The number of carboxylic acids is 2. The minimum Gasteiger partial charge on any atom is -0.481 e. The molecule has 0 spiro atoms. The van der Waals surface area contributed by atoms with Crippen molar-refractivity contribution in [1.29, 1.82) is 0 Å². The van der Waals surface area contributed by atoms with E-state index in [-0.39, 0.29) is 13.0 Å². The number of aliphatic carboxylic acids is 2. The first-order valence-corrected chi connectivity index (χ1v) is 6.64. The molecule has 1 unspecified atom stereocenters. The van der Waals surface area contributed by atoms with Crippen molar-refractivity contribution in [3.63, 3.8) is 0 Å². The average Bonchev–Trinajstić information content (AvgIpc) is 2.38. The lowest BCUT2D eigenvalue weighted by atomic mass is 10.0. The van der Waals surface area contributed by atoms with Crippen molar-refractivity contribution < 1.29 is 19.8 Å². The summed E-state index contributed by atoms with van der Waals surface area (Å²) in [4.78, 5) is 23.4. The second-order valence-corrected chi connectivity index (χ2v) is 5.10. The second kappa shape index (κ2) is 6.93. The molecule has 0 heterocycles. The molecule has 0 fully saturated rings. The zero-order valence-electron chi connectivity index (χ0n) is 12.0. The van der Waals surface area contributed by atoms with Crippen LogP contribution in [0.2, 0.25) is 0 Å². The van der Waals surface area contributed by atoms with E-state index in [9.17, 15) is 9.59 Å². The molecule has 1 atom stereocenters. The fourth-order valence-electron chi connectivity index (χ4n) is 1.95. The standard InChI is InChI=1S/C15H21NO4/c1-10(2)12-4-6-13(7-5-12)16(9-8-14(17)18)11(3)15(19)20/h4-7,10-11H,8-9H2,1-3H3,(H,17,18)(H,19,20). The lowest BCUT2D eigenvalue weighted by Crippen LogP contribution is -2.40. The summed E-state index contributed by atoms with van der Waals surface area (Å²) in [6.45, 7) is 5.89. The predicted molar refractivity (Wildman–Crippen MR) is 77.2 cm³/mol. The van der Waals surface area contributed by atoms with E-state index in [0.717, 1.165) is 11.3 Å². The number of carboxylic acid groups (broad SMARTS) is 2. The Morgan fingerprint density at radius 2 is 1.65 bits per heavy atom. The number of anilines is 1. The highest BCUT2D eigenvalue weighted by Crippen LogP contribution is 2.22. The van der Waals surface area contributed by atoms with E-state index in [0.29, 0.717) is 5.92 Å². The maximum absolute atomic E-state index is 11.1. The summed E-state index contributed by atoms with van der Waals surface area (Å²) >= 11 is 0. The van der Waals surface area contributed by atoms with E-state index >= 15 is 0 Å². The Labute approximate surface area is 118 Å². The number of rotatable bonds is 7. The molecule has 20 heavy (non-hydrogen) atoms. The van der Waals surface area contributed by atoms with Gasteiger partial charge in [-0.3, -0.25) is 4.79 Å². The smallest absolute Gasteiger partial charge is 0.326 e. The molecule has 0 aliphatic rings. The van der Waals surface area contributed by atoms with Gasteiger partial charge in [0.25, 0.3) is 0 Å². The summed E-state index contributed by atoms with van der Waals surface area (Å²) in [5, 5.41) is 17.9. The van der Waals surface area contributed by atoms with Gasteiger partial charge in [0.1, 0.15) is 6.04 Å². The number of benzene rings is 1. The van der Waals surface area contributed by atoms with Gasteiger partial charge in [-0.05, 0) is 30.5 Å². The van der Waals surface area contributed by atoms with Crippen molar-refractivity contribution in [2.45, 2.75) is 39.2 Å². The molecule has 0 amide bonds. The minimum absolute atomic E-state index is 0.0937. The minimum atomic E-state index is -0.969. The molecular weight excluding hydrogens is 258 g/mol. The maximum Gasteiger partial charge on any atom is 0.326 e. The first-order chi connectivity index (χ1) is 9.32. The quantitative estimate of drug-likeness (QED) is 0.802. The van der Waals surface area contributed by atoms with E-state index in [4.69, 9.17) is 10.2 Å². The average molecular weight is 279 g/mol. The Morgan fingerprint density at radius 1 is 1.10 bits per heavy atom. The Balaban J connectivity index is 2.96. The Morgan fingerprint density at radius 3 is 2.05 bits per heavy atom. The van der Waals surface area contributed by atoms with Gasteiger partial charge in [-0.1, -0.05) is 26.0 Å². The van der Waals surface area contributed by atoms with Crippen LogP contribution in [-0.2, 0) is 9.59 Å². The first-order valence-electron chi connectivity index (χ1n) is 6.64. The normalized spacial score (nSPS) is 12.2. The zero-order chi connectivity index (χ0) is 15.3. The van der Waals surface area contributed by atoms with Gasteiger partial charge >= 0.3 is 11.9 Å². The van der Waals surface area contributed by atoms with Crippen molar-refractivity contribution in [3.8, 4) is 0 Å². The van der Waals surface area contributed by atoms with Gasteiger partial charge in [-0.25, -0.2) is 4.79 Å². The van der Waals surface area contributed by atoms with Crippen LogP contribution >= 0.6 is 0 Å². The Bertz CT molecular complexity index is 467. The van der Waals surface area contributed by atoms with Crippen LogP contribution in [0.25, 0.3) is 0 Å². The van der Waals surface area contributed by atoms with Gasteiger partial charge in [-0.15, -0.1) is 0 Å². The van der Waals surface area contributed by atoms with E-state index in [1.807, 2.05) is 24.3 Å². The third kappa shape index (κ3) is 4.26. The van der Waals surface area contributed by atoms with Gasteiger partial charge in [-0.2, -0.15) is 0 Å². The van der Waals surface area contributed by atoms with E-state index in [1.165, 1.54) is 0 Å². The van der Waals surface area contributed by atoms with Crippen LogP contribution in [0.5, 0.6) is 0 Å². The molecule has 2 N–H and O–H groups in total. The third-order valence-electron chi connectivity index (χ3n) is 3.28. The van der Waals surface area contributed by atoms with Crippen molar-refractivity contribution in [3.05, 3.63) is 29.8 Å². The fraction of sp³-hybridized carbons (Fsp3) is 0.467. The molecule has 1 aromatic rings. The van der Waals surface area contributed by atoms with E-state index < -0.39 is 18.0 Å². The highest BCUT2D eigenvalue weighted by atomic mass is 16.4. The van der Waals surface area contributed by atoms with Crippen LogP contribution in [0.1, 0.15) is 38.7 Å². The van der Waals surface area contributed by atoms with Crippen molar-refractivity contribution in [1.82, 2.24) is 0 Å². The molecule has 5 heteroatoms. The molecule has 0 radical (unpaired) electrons. The van der Waals surface area contributed by atoms with Crippen molar-refractivity contribution >= 4 is 17.6 Å². The molecule has 5 nitrogen and oxygen atoms in total. The molecule has 0 saturated carbocycles. The van der Waals surface area contributed by atoms with Gasteiger partial charge in [0.05, 0.1) is 6.42 Å². The molecule has 1 aromatic carbocycles. The topological polar surface area (TPSA) is 77.8 Å². The summed E-state index contributed by atoms with van der Waals surface area (Å²) < 4.78 is 0. The molecule has 0 aliphatic carbocycles. The summed E-state index contributed by atoms with van der Waals surface area (Å²) in [7, 11) is 0. The number of hydrogen-bond acceptors (Lipinski definition) is 3. The first kappa shape index (κ1) is 16.0. The number of carbonyl (C=O) groups is 2. The maximum atomic E-state index is 11.1. The van der Waals surface area contributed by atoms with Crippen LogP contribution < -0.4 is 4.90 Å². The Kier molecular flexibility index (Phi) is 5.55. The Hall–Kier alpha value is -2.04. The molecule has 0 bridgehead atoms. The summed E-state index contributed by atoms with van der Waals surface area (Å²) in [5.41, 5.74) is 1.89. The fourth-order valence-corrected chi connectivity index (χ4v) is 1.95. The second-order valence-electron chi connectivity index (χ2n) is 5.10. The van der Waals surface area contributed by atoms with Gasteiger partial charge in [0, 0.05) is 12.2 Å². The molecule has 0 saturated heterocycles. The van der Waals surface area contributed by atoms with Gasteiger partial charge < -0.3 is 15.1 Å². The van der Waals surface area contributed by atoms with Gasteiger partial charge in [0.2, 0.25) is 0 Å². The predicted octanol–water partition coefficient (Wildman–Crippen LogP) is 2.56. The molecule has 110 valence electrons. The molecule has 1 rings (SSSR count). The zero-order valence-corrected chi connectivity index (χ0v) is 12.0. The number of nitrogens with zero attached hydrogens (tertiary/aromatic N) is 1. The van der Waals surface area contributed by atoms with Crippen molar-refractivity contribution in [2.24, 2.45) is 0 Å². The van der Waals surface area contributed by atoms with Crippen LogP contribution in [0.4, 0.5) is 5.69 Å². The third-order valence-corrected chi connectivity index (χ3v) is 3.28. The van der Waals surface area contributed by atoms with Gasteiger partial charge in [0.15, 0.2) is 0 Å². The van der Waals surface area contributed by atoms with Crippen molar-refractivity contribution in [2.75, 3.05) is 11.4 Å². The molecular formula is C15H21NO4. The van der Waals surface area contributed by atoms with E-state index in [1.54, 1.807) is 11.8 Å². The molecule has 0 aromatic heterocycles. The summed E-state index contributed by atoms with van der Waals surface area (Å²) in [6.07, 6.45) is -0.0937. The largest absolute Gasteiger partial charge is 0.481 e. The van der Waals surface area contributed by atoms with Crippen LogP contribution in [0, 0.1) is 0 Å².